The second kappa shape index (κ2) is 9.73. The maximum absolute atomic E-state index is 3.50. The number of hydrogen-bond acceptors (Lipinski definition) is 3. The second-order valence-corrected chi connectivity index (χ2v) is 6.47. The summed E-state index contributed by atoms with van der Waals surface area (Å²) in [4.78, 5) is 5.30. The molecule has 114 valence electrons. The van der Waals surface area contributed by atoms with Crippen molar-refractivity contribution < 1.29 is 0 Å². The highest BCUT2D eigenvalue weighted by atomic mass is 15.3. The third-order valence-corrected chi connectivity index (χ3v) is 4.06. The molecular formula is C16H35N3. The SMILES string of the molecule is CCCNCCCC(C)N1CCN(CC(C)C)CC1. The predicted molar refractivity (Wildman–Crippen MR) is 84.7 cm³/mol. The van der Waals surface area contributed by atoms with Gasteiger partial charge in [0, 0.05) is 38.8 Å². The van der Waals surface area contributed by atoms with Gasteiger partial charge in [-0.1, -0.05) is 20.8 Å². The lowest BCUT2D eigenvalue weighted by Gasteiger charge is -2.38. The lowest BCUT2D eigenvalue weighted by molar-refractivity contribution is 0.0909. The molecular weight excluding hydrogens is 234 g/mol. The Labute approximate surface area is 120 Å². The highest BCUT2D eigenvalue weighted by Crippen LogP contribution is 2.11. The Morgan fingerprint density at radius 1 is 1.00 bits per heavy atom. The molecule has 0 aromatic heterocycles. The van der Waals surface area contributed by atoms with Crippen molar-refractivity contribution in [3.63, 3.8) is 0 Å². The van der Waals surface area contributed by atoms with Crippen LogP contribution in [0.25, 0.3) is 0 Å². The fourth-order valence-corrected chi connectivity index (χ4v) is 2.91. The predicted octanol–water partition coefficient (Wildman–Crippen LogP) is 2.43. The van der Waals surface area contributed by atoms with Crippen LogP contribution in [-0.2, 0) is 0 Å². The Hall–Kier alpha value is -0.120. The van der Waals surface area contributed by atoms with E-state index in [-0.39, 0.29) is 0 Å². The Bertz CT molecular complexity index is 210. The molecule has 0 aromatic carbocycles. The molecule has 1 rings (SSSR count). The van der Waals surface area contributed by atoms with Crippen LogP contribution >= 0.6 is 0 Å². The van der Waals surface area contributed by atoms with Crippen molar-refractivity contribution in [1.29, 1.82) is 0 Å². The summed E-state index contributed by atoms with van der Waals surface area (Å²) in [6, 6.07) is 0.754. The number of nitrogens with one attached hydrogen (secondary N) is 1. The zero-order chi connectivity index (χ0) is 14.1. The van der Waals surface area contributed by atoms with Crippen molar-refractivity contribution in [1.82, 2.24) is 15.1 Å². The zero-order valence-electron chi connectivity index (χ0n) is 13.6. The van der Waals surface area contributed by atoms with Crippen LogP contribution in [0.5, 0.6) is 0 Å². The standard InChI is InChI=1S/C16H35N3/c1-5-8-17-9-6-7-16(4)19-12-10-18(11-13-19)14-15(2)3/h15-17H,5-14H2,1-4H3. The summed E-state index contributed by atoms with van der Waals surface area (Å²) in [5.41, 5.74) is 0. The molecule has 0 saturated carbocycles. The molecule has 1 aliphatic rings. The molecule has 19 heavy (non-hydrogen) atoms. The van der Waals surface area contributed by atoms with E-state index in [1.54, 1.807) is 0 Å². The van der Waals surface area contributed by atoms with Crippen molar-refractivity contribution >= 4 is 0 Å². The first-order valence-electron chi connectivity index (χ1n) is 8.30. The summed E-state index contributed by atoms with van der Waals surface area (Å²) in [6.45, 7) is 17.9. The lowest BCUT2D eigenvalue weighted by Crippen LogP contribution is -2.50. The van der Waals surface area contributed by atoms with Crippen LogP contribution in [0.1, 0.15) is 47.0 Å². The van der Waals surface area contributed by atoms with Crippen molar-refractivity contribution in [3.05, 3.63) is 0 Å². The van der Waals surface area contributed by atoms with Gasteiger partial charge in [0.2, 0.25) is 0 Å². The first-order chi connectivity index (χ1) is 9.13. The van der Waals surface area contributed by atoms with E-state index in [1.807, 2.05) is 0 Å². The molecule has 3 nitrogen and oxygen atoms in total. The molecule has 3 heteroatoms. The minimum Gasteiger partial charge on any atom is -0.317 e. The molecule has 1 saturated heterocycles. The van der Waals surface area contributed by atoms with Crippen molar-refractivity contribution in [2.24, 2.45) is 5.92 Å². The molecule has 0 spiro atoms. The van der Waals surface area contributed by atoms with Crippen molar-refractivity contribution in [2.75, 3.05) is 45.8 Å². The summed E-state index contributed by atoms with van der Waals surface area (Å²) >= 11 is 0. The average Bonchev–Trinajstić information content (AvgIpc) is 2.38. The van der Waals surface area contributed by atoms with E-state index in [4.69, 9.17) is 0 Å². The van der Waals surface area contributed by atoms with Crippen LogP contribution in [0.3, 0.4) is 0 Å². The third kappa shape index (κ3) is 7.28. The summed E-state index contributed by atoms with van der Waals surface area (Å²) in [6.07, 6.45) is 3.89. The monoisotopic (exact) mass is 269 g/mol. The maximum Gasteiger partial charge on any atom is 0.0113 e. The van der Waals surface area contributed by atoms with Crippen LogP contribution in [0, 0.1) is 5.92 Å². The van der Waals surface area contributed by atoms with E-state index in [9.17, 15) is 0 Å². The van der Waals surface area contributed by atoms with Crippen molar-refractivity contribution in [3.8, 4) is 0 Å². The molecule has 1 heterocycles. The van der Waals surface area contributed by atoms with E-state index in [0.717, 1.165) is 12.0 Å². The number of rotatable bonds is 9. The first-order valence-corrected chi connectivity index (χ1v) is 8.30. The third-order valence-electron chi connectivity index (χ3n) is 4.06. The van der Waals surface area contributed by atoms with E-state index in [2.05, 4.69) is 42.8 Å². The van der Waals surface area contributed by atoms with Gasteiger partial charge in [-0.2, -0.15) is 0 Å². The number of piperazine rings is 1. The van der Waals surface area contributed by atoms with Gasteiger partial charge in [0.05, 0.1) is 0 Å². The lowest BCUT2D eigenvalue weighted by atomic mass is 10.1. The molecule has 1 atom stereocenters. The second-order valence-electron chi connectivity index (χ2n) is 6.47. The van der Waals surface area contributed by atoms with Crippen LogP contribution in [0.2, 0.25) is 0 Å². The largest absolute Gasteiger partial charge is 0.317 e. The van der Waals surface area contributed by atoms with Crippen LogP contribution in [-0.4, -0.2) is 61.7 Å². The molecule has 1 unspecified atom stereocenters. The molecule has 0 aliphatic carbocycles. The Kier molecular flexibility index (Phi) is 8.67. The van der Waals surface area contributed by atoms with Gasteiger partial charge < -0.3 is 10.2 Å². The van der Waals surface area contributed by atoms with E-state index < -0.39 is 0 Å². The smallest absolute Gasteiger partial charge is 0.0113 e. The maximum atomic E-state index is 3.50. The van der Waals surface area contributed by atoms with Crippen LogP contribution < -0.4 is 5.32 Å². The Morgan fingerprint density at radius 3 is 2.26 bits per heavy atom. The summed E-state index contributed by atoms with van der Waals surface area (Å²) in [5.74, 6) is 0.800. The van der Waals surface area contributed by atoms with E-state index in [0.29, 0.717) is 0 Å². The molecule has 0 radical (unpaired) electrons. The van der Waals surface area contributed by atoms with Crippen LogP contribution in [0.15, 0.2) is 0 Å². The zero-order valence-corrected chi connectivity index (χ0v) is 13.6. The molecule has 0 bridgehead atoms. The number of hydrogen-bond donors (Lipinski definition) is 1. The summed E-state index contributed by atoms with van der Waals surface area (Å²) in [7, 11) is 0. The summed E-state index contributed by atoms with van der Waals surface area (Å²) < 4.78 is 0. The van der Waals surface area contributed by atoms with Gasteiger partial charge in [0.25, 0.3) is 0 Å². The minimum atomic E-state index is 0.754. The fourth-order valence-electron chi connectivity index (χ4n) is 2.91. The van der Waals surface area contributed by atoms with Gasteiger partial charge in [-0.05, 0) is 45.2 Å². The first kappa shape index (κ1) is 16.9. The number of nitrogens with zero attached hydrogens (tertiary/aromatic N) is 2. The fraction of sp³-hybridized carbons (Fsp3) is 1.00. The Balaban J connectivity index is 2.09. The van der Waals surface area contributed by atoms with E-state index >= 15 is 0 Å². The average molecular weight is 269 g/mol. The Morgan fingerprint density at radius 2 is 1.68 bits per heavy atom. The van der Waals surface area contributed by atoms with Gasteiger partial charge in [-0.25, -0.2) is 0 Å². The van der Waals surface area contributed by atoms with Gasteiger partial charge in [0.1, 0.15) is 0 Å². The topological polar surface area (TPSA) is 18.5 Å². The molecule has 1 N–H and O–H groups in total. The quantitative estimate of drug-likeness (QED) is 0.649. The van der Waals surface area contributed by atoms with Gasteiger partial charge >= 0.3 is 0 Å². The highest BCUT2D eigenvalue weighted by Gasteiger charge is 2.20. The van der Waals surface area contributed by atoms with Gasteiger partial charge in [0.15, 0.2) is 0 Å². The summed E-state index contributed by atoms with van der Waals surface area (Å²) in [5, 5.41) is 3.50. The molecule has 1 fully saturated rings. The molecule has 0 amide bonds. The molecule has 0 aromatic rings. The minimum absolute atomic E-state index is 0.754. The van der Waals surface area contributed by atoms with Crippen molar-refractivity contribution in [2.45, 2.75) is 53.0 Å². The van der Waals surface area contributed by atoms with E-state index in [1.165, 1.54) is 65.1 Å². The van der Waals surface area contributed by atoms with Gasteiger partial charge in [-0.3, -0.25) is 4.90 Å². The van der Waals surface area contributed by atoms with Gasteiger partial charge in [-0.15, -0.1) is 0 Å². The highest BCUT2D eigenvalue weighted by molar-refractivity contribution is 4.76. The van der Waals surface area contributed by atoms with Crippen LogP contribution in [0.4, 0.5) is 0 Å². The molecule has 1 aliphatic heterocycles. The normalized spacial score (nSPS) is 20.1.